The van der Waals surface area contributed by atoms with Gasteiger partial charge < -0.3 is 14.9 Å². The maximum absolute atomic E-state index is 13.8. The highest BCUT2D eigenvalue weighted by molar-refractivity contribution is 5.85. The molecule has 7 heteroatoms. The highest BCUT2D eigenvalue weighted by atomic mass is 19.1. The molecule has 0 radical (unpaired) electrons. The summed E-state index contributed by atoms with van der Waals surface area (Å²) in [7, 11) is 0. The second kappa shape index (κ2) is 7.37. The van der Waals surface area contributed by atoms with Crippen molar-refractivity contribution < 1.29 is 33.3 Å². The van der Waals surface area contributed by atoms with E-state index in [1.165, 1.54) is 0 Å². The van der Waals surface area contributed by atoms with Gasteiger partial charge in [0.25, 0.3) is 0 Å². The van der Waals surface area contributed by atoms with E-state index in [9.17, 15) is 18.4 Å². The molecule has 0 heterocycles. The molecule has 1 aromatic rings. The summed E-state index contributed by atoms with van der Waals surface area (Å²) in [6, 6.07) is 1.73. The molecule has 1 aromatic carbocycles. The SMILES string of the molecule is CCCC(Oc1c(F)cc(/C=C/C(=O)O)cc1F)C(=O)O. The van der Waals surface area contributed by atoms with Crippen LogP contribution in [0.5, 0.6) is 5.75 Å². The highest BCUT2D eigenvalue weighted by Gasteiger charge is 2.22. The molecule has 1 unspecified atom stereocenters. The zero-order valence-corrected chi connectivity index (χ0v) is 11.2. The number of carbonyl (C=O) groups is 2. The first-order chi connectivity index (χ1) is 9.85. The van der Waals surface area contributed by atoms with E-state index >= 15 is 0 Å². The van der Waals surface area contributed by atoms with Crippen molar-refractivity contribution in [3.63, 3.8) is 0 Å². The number of carboxylic acid groups (broad SMARTS) is 2. The Morgan fingerprint density at radius 2 is 1.86 bits per heavy atom. The lowest BCUT2D eigenvalue weighted by Crippen LogP contribution is -2.27. The smallest absolute Gasteiger partial charge is 0.344 e. The third-order valence-corrected chi connectivity index (χ3v) is 2.53. The number of rotatable bonds is 7. The Balaban J connectivity index is 3.04. The molecular weight excluding hydrogens is 286 g/mol. The quantitative estimate of drug-likeness (QED) is 0.756. The summed E-state index contributed by atoms with van der Waals surface area (Å²) in [4.78, 5) is 21.3. The summed E-state index contributed by atoms with van der Waals surface area (Å²) in [6.45, 7) is 1.71. The third kappa shape index (κ3) is 4.87. The van der Waals surface area contributed by atoms with Crippen molar-refractivity contribution in [1.29, 1.82) is 0 Å². The lowest BCUT2D eigenvalue weighted by atomic mass is 10.1. The fraction of sp³-hybridized carbons (Fsp3) is 0.286. The average molecular weight is 300 g/mol. The number of halogens is 2. The monoisotopic (exact) mass is 300 g/mol. The minimum atomic E-state index is -1.35. The standard InChI is InChI=1S/C14H14F2O5/c1-2-3-11(14(19)20)21-13-9(15)6-8(7-10(13)16)4-5-12(17)18/h4-7,11H,2-3H2,1H3,(H,17,18)(H,19,20)/b5-4+. The fourth-order valence-corrected chi connectivity index (χ4v) is 1.59. The summed E-state index contributed by atoms with van der Waals surface area (Å²) >= 11 is 0. The molecule has 21 heavy (non-hydrogen) atoms. The molecule has 0 saturated carbocycles. The van der Waals surface area contributed by atoms with Crippen LogP contribution in [0.3, 0.4) is 0 Å². The van der Waals surface area contributed by atoms with E-state index in [2.05, 4.69) is 0 Å². The first-order valence-corrected chi connectivity index (χ1v) is 6.14. The summed E-state index contributed by atoms with van der Waals surface area (Å²) < 4.78 is 32.4. The molecule has 1 atom stereocenters. The summed E-state index contributed by atoms with van der Waals surface area (Å²) in [5.41, 5.74) is -0.0119. The molecule has 0 fully saturated rings. The van der Waals surface area contributed by atoms with Crippen molar-refractivity contribution in [2.45, 2.75) is 25.9 Å². The van der Waals surface area contributed by atoms with Crippen LogP contribution in [0, 0.1) is 11.6 Å². The Bertz CT molecular complexity index is 545. The van der Waals surface area contributed by atoms with Gasteiger partial charge in [0.1, 0.15) is 0 Å². The zero-order chi connectivity index (χ0) is 16.0. The first kappa shape index (κ1) is 16.6. The molecule has 0 aliphatic rings. The van der Waals surface area contributed by atoms with E-state index in [1.807, 2.05) is 0 Å². The van der Waals surface area contributed by atoms with Crippen LogP contribution in [-0.4, -0.2) is 28.3 Å². The number of carboxylic acids is 2. The number of hydrogen-bond acceptors (Lipinski definition) is 3. The van der Waals surface area contributed by atoms with E-state index < -0.39 is 35.4 Å². The van der Waals surface area contributed by atoms with Gasteiger partial charge in [0.15, 0.2) is 23.5 Å². The van der Waals surface area contributed by atoms with Gasteiger partial charge in [0.2, 0.25) is 0 Å². The number of benzene rings is 1. The van der Waals surface area contributed by atoms with Gasteiger partial charge in [-0.2, -0.15) is 0 Å². The van der Waals surface area contributed by atoms with Gasteiger partial charge in [-0.25, -0.2) is 18.4 Å². The van der Waals surface area contributed by atoms with E-state index in [1.54, 1.807) is 6.92 Å². The number of hydrogen-bond donors (Lipinski definition) is 2. The van der Waals surface area contributed by atoms with Crippen molar-refractivity contribution >= 4 is 18.0 Å². The maximum Gasteiger partial charge on any atom is 0.344 e. The van der Waals surface area contributed by atoms with Gasteiger partial charge in [-0.05, 0) is 30.2 Å². The van der Waals surface area contributed by atoms with Crippen LogP contribution in [0.2, 0.25) is 0 Å². The third-order valence-electron chi connectivity index (χ3n) is 2.53. The first-order valence-electron chi connectivity index (χ1n) is 6.14. The molecule has 1 rings (SSSR count). The largest absolute Gasteiger partial charge is 0.479 e. The van der Waals surface area contributed by atoms with Crippen LogP contribution in [0.4, 0.5) is 8.78 Å². The Hall–Kier alpha value is -2.44. The highest BCUT2D eigenvalue weighted by Crippen LogP contribution is 2.26. The van der Waals surface area contributed by atoms with E-state index in [4.69, 9.17) is 14.9 Å². The van der Waals surface area contributed by atoms with Crippen LogP contribution in [0.15, 0.2) is 18.2 Å². The van der Waals surface area contributed by atoms with Crippen molar-refractivity contribution in [2.75, 3.05) is 0 Å². The molecule has 0 aliphatic carbocycles. The molecule has 0 amide bonds. The normalized spacial score (nSPS) is 12.3. The molecule has 0 bridgehead atoms. The molecular formula is C14H14F2O5. The number of ether oxygens (including phenoxy) is 1. The fourth-order valence-electron chi connectivity index (χ4n) is 1.59. The topological polar surface area (TPSA) is 83.8 Å². The van der Waals surface area contributed by atoms with Gasteiger partial charge in [-0.1, -0.05) is 13.3 Å². The van der Waals surface area contributed by atoms with Crippen molar-refractivity contribution in [3.05, 3.63) is 35.4 Å². The Morgan fingerprint density at radius 1 is 1.29 bits per heavy atom. The second-order valence-corrected chi connectivity index (χ2v) is 4.22. The minimum absolute atomic E-state index is 0.0119. The lowest BCUT2D eigenvalue weighted by molar-refractivity contribution is -0.145. The van der Waals surface area contributed by atoms with Crippen LogP contribution in [0.1, 0.15) is 25.3 Å². The lowest BCUT2D eigenvalue weighted by Gasteiger charge is -2.15. The summed E-state index contributed by atoms with van der Waals surface area (Å²) in [5.74, 6) is -5.55. The van der Waals surface area contributed by atoms with E-state index in [0.717, 1.165) is 24.3 Å². The molecule has 0 aromatic heterocycles. The molecule has 5 nitrogen and oxygen atoms in total. The predicted octanol–water partition coefficient (Wildman–Crippen LogP) is 2.69. The second-order valence-electron chi connectivity index (χ2n) is 4.22. The molecule has 2 N–H and O–H groups in total. The van der Waals surface area contributed by atoms with Gasteiger partial charge in [-0.15, -0.1) is 0 Å². The Morgan fingerprint density at radius 3 is 2.29 bits per heavy atom. The zero-order valence-electron chi connectivity index (χ0n) is 11.2. The maximum atomic E-state index is 13.8. The Labute approximate surface area is 119 Å². The molecule has 0 spiro atoms. The number of aliphatic carboxylic acids is 2. The van der Waals surface area contributed by atoms with E-state index in [-0.39, 0.29) is 12.0 Å². The van der Waals surface area contributed by atoms with Crippen molar-refractivity contribution in [2.24, 2.45) is 0 Å². The van der Waals surface area contributed by atoms with Gasteiger partial charge >= 0.3 is 11.9 Å². The van der Waals surface area contributed by atoms with Crippen LogP contribution in [-0.2, 0) is 9.59 Å². The Kier molecular flexibility index (Phi) is 5.83. The average Bonchev–Trinajstić information content (AvgIpc) is 2.38. The minimum Gasteiger partial charge on any atom is -0.479 e. The molecule has 0 saturated heterocycles. The van der Waals surface area contributed by atoms with Crippen molar-refractivity contribution in [1.82, 2.24) is 0 Å². The van der Waals surface area contributed by atoms with Gasteiger partial charge in [-0.3, -0.25) is 0 Å². The summed E-state index contributed by atoms with van der Waals surface area (Å²) in [5, 5.41) is 17.3. The van der Waals surface area contributed by atoms with Gasteiger partial charge in [0.05, 0.1) is 0 Å². The molecule has 0 aliphatic heterocycles. The van der Waals surface area contributed by atoms with E-state index in [0.29, 0.717) is 6.42 Å². The van der Waals surface area contributed by atoms with Crippen LogP contribution < -0.4 is 4.74 Å². The van der Waals surface area contributed by atoms with Crippen LogP contribution in [0.25, 0.3) is 6.08 Å². The van der Waals surface area contributed by atoms with Crippen molar-refractivity contribution in [3.8, 4) is 5.75 Å². The van der Waals surface area contributed by atoms with Crippen LogP contribution >= 0.6 is 0 Å². The molecule has 114 valence electrons. The predicted molar refractivity (Wildman–Crippen MR) is 70.0 cm³/mol. The summed E-state index contributed by atoms with van der Waals surface area (Å²) in [6.07, 6.45) is 0.971. The van der Waals surface area contributed by atoms with Gasteiger partial charge in [0, 0.05) is 6.08 Å².